The lowest BCUT2D eigenvalue weighted by molar-refractivity contribution is -0.138. The highest BCUT2D eigenvalue weighted by atomic mass is 16.4. The van der Waals surface area contributed by atoms with Crippen molar-refractivity contribution in [1.29, 1.82) is 0 Å². The van der Waals surface area contributed by atoms with Gasteiger partial charge in [0, 0.05) is 11.3 Å². The number of hydrogen-bond donors (Lipinski definition) is 3. The number of aromatic hydroxyl groups is 1. The number of carboxylic acid groups (broad SMARTS) is 1. The lowest BCUT2D eigenvalue weighted by atomic mass is 9.96. The average molecular weight is 165 g/mol. The Morgan fingerprint density at radius 3 is 2.92 bits per heavy atom. The highest BCUT2D eigenvalue weighted by Crippen LogP contribution is 2.37. The Morgan fingerprint density at radius 1 is 1.50 bits per heavy atom. The van der Waals surface area contributed by atoms with Crippen molar-refractivity contribution in [3.63, 3.8) is 0 Å². The predicted molar refractivity (Wildman–Crippen MR) is 42.1 cm³/mol. The third-order valence-corrected chi connectivity index (χ3v) is 1.89. The smallest absolute Gasteiger partial charge is 0.330 e. The minimum absolute atomic E-state index is 0.0986. The van der Waals surface area contributed by atoms with Gasteiger partial charge >= 0.3 is 5.97 Å². The van der Waals surface area contributed by atoms with Crippen molar-refractivity contribution in [3.05, 3.63) is 23.8 Å². The molecule has 1 heterocycles. The maximum Gasteiger partial charge on any atom is 0.330 e. The lowest BCUT2D eigenvalue weighted by Gasteiger charge is -2.28. The van der Waals surface area contributed by atoms with Crippen LogP contribution in [0.2, 0.25) is 0 Å². The summed E-state index contributed by atoms with van der Waals surface area (Å²) in [5.74, 6) is -0.824. The number of aliphatic carboxylic acids is 1. The number of hydrogen-bond acceptors (Lipinski definition) is 3. The van der Waals surface area contributed by atoms with Crippen LogP contribution in [0.3, 0.4) is 0 Å². The maximum atomic E-state index is 10.5. The van der Waals surface area contributed by atoms with Crippen molar-refractivity contribution in [2.24, 2.45) is 0 Å². The quantitative estimate of drug-likeness (QED) is 0.542. The number of rotatable bonds is 1. The van der Waals surface area contributed by atoms with Crippen LogP contribution in [0.25, 0.3) is 0 Å². The molecule has 1 aliphatic heterocycles. The van der Waals surface area contributed by atoms with Gasteiger partial charge in [0.25, 0.3) is 0 Å². The molecule has 0 aromatic heterocycles. The molecule has 4 heteroatoms. The number of nitrogens with one attached hydrogen (secondary N) is 1. The zero-order valence-corrected chi connectivity index (χ0v) is 6.11. The fraction of sp³-hybridized carbons (Fsp3) is 0.125. The minimum Gasteiger partial charge on any atom is -0.508 e. The van der Waals surface area contributed by atoms with Gasteiger partial charge in [0.15, 0.2) is 6.04 Å². The minimum atomic E-state index is -0.923. The molecule has 3 N–H and O–H groups in total. The van der Waals surface area contributed by atoms with E-state index in [0.717, 1.165) is 5.69 Å². The van der Waals surface area contributed by atoms with Gasteiger partial charge in [-0.25, -0.2) is 4.79 Å². The van der Waals surface area contributed by atoms with Crippen molar-refractivity contribution < 1.29 is 15.0 Å². The molecule has 0 unspecified atom stereocenters. The molecule has 62 valence electrons. The highest BCUT2D eigenvalue weighted by Gasteiger charge is 2.31. The normalized spacial score (nSPS) is 18.8. The number of anilines is 1. The van der Waals surface area contributed by atoms with Gasteiger partial charge < -0.3 is 15.5 Å². The van der Waals surface area contributed by atoms with Gasteiger partial charge in [-0.1, -0.05) is 0 Å². The second-order valence-corrected chi connectivity index (χ2v) is 2.69. The van der Waals surface area contributed by atoms with Crippen molar-refractivity contribution in [2.45, 2.75) is 6.04 Å². The molecule has 0 radical (unpaired) electrons. The number of benzene rings is 1. The monoisotopic (exact) mass is 165 g/mol. The van der Waals surface area contributed by atoms with E-state index in [1.165, 1.54) is 12.1 Å². The molecule has 12 heavy (non-hydrogen) atoms. The summed E-state index contributed by atoms with van der Waals surface area (Å²) in [6.45, 7) is 0. The van der Waals surface area contributed by atoms with E-state index in [2.05, 4.69) is 5.32 Å². The molecule has 2 rings (SSSR count). The molecule has 0 amide bonds. The van der Waals surface area contributed by atoms with Gasteiger partial charge in [-0.05, 0) is 18.2 Å². The Bertz CT molecular complexity index is 348. The van der Waals surface area contributed by atoms with Crippen LogP contribution in [0.1, 0.15) is 11.6 Å². The lowest BCUT2D eigenvalue weighted by Crippen LogP contribution is -2.29. The van der Waals surface area contributed by atoms with Crippen molar-refractivity contribution in [1.82, 2.24) is 0 Å². The molecular formula is C8H7NO3. The first-order valence-electron chi connectivity index (χ1n) is 3.51. The van der Waals surface area contributed by atoms with E-state index in [9.17, 15) is 4.79 Å². The van der Waals surface area contributed by atoms with E-state index in [0.29, 0.717) is 5.56 Å². The zero-order chi connectivity index (χ0) is 8.72. The Balaban J connectivity index is 2.39. The number of carboxylic acids is 1. The number of carbonyl (C=O) groups is 1. The second-order valence-electron chi connectivity index (χ2n) is 2.69. The van der Waals surface area contributed by atoms with E-state index in [1.807, 2.05) is 0 Å². The van der Waals surface area contributed by atoms with Crippen LogP contribution >= 0.6 is 0 Å². The van der Waals surface area contributed by atoms with Crippen LogP contribution in [0, 0.1) is 0 Å². The summed E-state index contributed by atoms with van der Waals surface area (Å²) < 4.78 is 0. The van der Waals surface area contributed by atoms with Gasteiger partial charge in [-0.15, -0.1) is 0 Å². The third kappa shape index (κ3) is 0.812. The van der Waals surface area contributed by atoms with Crippen LogP contribution in [-0.2, 0) is 4.79 Å². The summed E-state index contributed by atoms with van der Waals surface area (Å²) in [6.07, 6.45) is 0. The average Bonchev–Trinajstić information content (AvgIpc) is 1.95. The van der Waals surface area contributed by atoms with Crippen molar-refractivity contribution >= 4 is 11.7 Å². The van der Waals surface area contributed by atoms with Crippen LogP contribution in [0.15, 0.2) is 18.2 Å². The van der Waals surface area contributed by atoms with Gasteiger partial charge in [-0.3, -0.25) is 0 Å². The third-order valence-electron chi connectivity index (χ3n) is 1.89. The van der Waals surface area contributed by atoms with E-state index in [4.69, 9.17) is 10.2 Å². The standard InChI is InChI=1S/C8H7NO3/c10-4-1-2-6-5(3-4)7(9-6)8(11)12/h1-3,7,9-10H,(H,11,12)/t7-/m0/s1. The molecule has 0 spiro atoms. The molecule has 4 nitrogen and oxygen atoms in total. The summed E-state index contributed by atoms with van der Waals surface area (Å²) in [6, 6.07) is 3.98. The topological polar surface area (TPSA) is 69.6 Å². The summed E-state index contributed by atoms with van der Waals surface area (Å²) in [5.41, 5.74) is 1.42. The molecule has 1 atom stereocenters. The maximum absolute atomic E-state index is 10.5. The van der Waals surface area contributed by atoms with Gasteiger partial charge in [-0.2, -0.15) is 0 Å². The number of phenols is 1. The Kier molecular flexibility index (Phi) is 1.24. The molecular weight excluding hydrogens is 158 g/mol. The molecule has 1 aromatic rings. The summed E-state index contributed by atoms with van der Waals surface area (Å²) >= 11 is 0. The fourth-order valence-corrected chi connectivity index (χ4v) is 1.27. The first kappa shape index (κ1) is 6.97. The molecule has 0 bridgehead atoms. The molecule has 0 saturated heterocycles. The van der Waals surface area contributed by atoms with Crippen LogP contribution in [-0.4, -0.2) is 16.2 Å². The molecule has 0 fully saturated rings. The molecule has 0 saturated carbocycles. The summed E-state index contributed by atoms with van der Waals surface area (Å²) in [7, 11) is 0. The van der Waals surface area contributed by atoms with Crippen LogP contribution < -0.4 is 5.32 Å². The largest absolute Gasteiger partial charge is 0.508 e. The first-order chi connectivity index (χ1) is 5.68. The number of phenolic OH excluding ortho intramolecular Hbond substituents is 1. The van der Waals surface area contributed by atoms with Crippen molar-refractivity contribution in [3.8, 4) is 5.75 Å². The molecule has 0 aliphatic carbocycles. The number of fused-ring (bicyclic) bond motifs is 1. The van der Waals surface area contributed by atoms with Crippen molar-refractivity contribution in [2.75, 3.05) is 5.32 Å². The second kappa shape index (κ2) is 2.14. The van der Waals surface area contributed by atoms with Gasteiger partial charge in [0.2, 0.25) is 0 Å². The SMILES string of the molecule is O=C(O)[C@H]1Nc2ccc(O)cc21. The van der Waals surface area contributed by atoms with Crippen LogP contribution in [0.5, 0.6) is 5.75 Å². The van der Waals surface area contributed by atoms with E-state index in [1.54, 1.807) is 6.07 Å². The van der Waals surface area contributed by atoms with Gasteiger partial charge in [0.05, 0.1) is 0 Å². The highest BCUT2D eigenvalue weighted by molar-refractivity contribution is 5.87. The fourth-order valence-electron chi connectivity index (χ4n) is 1.27. The molecule has 1 aromatic carbocycles. The van der Waals surface area contributed by atoms with E-state index >= 15 is 0 Å². The Labute approximate surface area is 68.5 Å². The van der Waals surface area contributed by atoms with E-state index < -0.39 is 12.0 Å². The zero-order valence-electron chi connectivity index (χ0n) is 6.11. The Hall–Kier alpha value is -1.71. The Morgan fingerprint density at radius 2 is 2.25 bits per heavy atom. The summed E-state index contributed by atoms with van der Waals surface area (Å²) in [5, 5.41) is 20.4. The van der Waals surface area contributed by atoms with Crippen LogP contribution in [0.4, 0.5) is 5.69 Å². The predicted octanol–water partition coefficient (Wildman–Crippen LogP) is 0.943. The molecule has 1 aliphatic rings. The van der Waals surface area contributed by atoms with Gasteiger partial charge in [0.1, 0.15) is 5.75 Å². The van der Waals surface area contributed by atoms with E-state index in [-0.39, 0.29) is 5.75 Å². The first-order valence-corrected chi connectivity index (χ1v) is 3.51. The summed E-state index contributed by atoms with van der Waals surface area (Å²) in [4.78, 5) is 10.5.